The molecule has 2 N–H and O–H groups in total. The van der Waals surface area contributed by atoms with Gasteiger partial charge in [0.05, 0.1) is 0 Å². The third kappa shape index (κ3) is 2.79. The molecule has 0 saturated heterocycles. The van der Waals surface area contributed by atoms with Gasteiger partial charge in [-0.15, -0.1) is 0 Å². The fourth-order valence-corrected chi connectivity index (χ4v) is 1.12. The first-order chi connectivity index (χ1) is 6.24. The van der Waals surface area contributed by atoms with E-state index in [1.165, 1.54) is 5.56 Å². The van der Waals surface area contributed by atoms with Crippen molar-refractivity contribution < 1.29 is 0 Å². The molecule has 0 saturated carbocycles. The lowest BCUT2D eigenvalue weighted by Crippen LogP contribution is -1.95. The average Bonchev–Trinajstić information content (AvgIpc) is 2.14. The van der Waals surface area contributed by atoms with E-state index in [-0.39, 0.29) is 0 Å². The van der Waals surface area contributed by atoms with Gasteiger partial charge in [0.1, 0.15) is 0 Å². The molecule has 0 spiro atoms. The van der Waals surface area contributed by atoms with Crippen LogP contribution < -0.4 is 5.73 Å². The minimum absolute atomic E-state index is 0.807. The van der Waals surface area contributed by atoms with Crippen LogP contribution in [0.3, 0.4) is 0 Å². The van der Waals surface area contributed by atoms with Crippen molar-refractivity contribution in [3.63, 3.8) is 0 Å². The van der Waals surface area contributed by atoms with Crippen LogP contribution in [0.4, 0.5) is 0 Å². The Labute approximate surface area is 79.6 Å². The van der Waals surface area contributed by atoms with Crippen molar-refractivity contribution in [3.8, 4) is 0 Å². The molecule has 0 atom stereocenters. The fourth-order valence-electron chi connectivity index (χ4n) is 1.12. The Morgan fingerprint density at radius 1 is 1.38 bits per heavy atom. The third-order valence-electron chi connectivity index (χ3n) is 1.82. The van der Waals surface area contributed by atoms with Gasteiger partial charge in [0, 0.05) is 5.70 Å². The highest BCUT2D eigenvalue weighted by Gasteiger charge is 1.93. The summed E-state index contributed by atoms with van der Waals surface area (Å²) >= 11 is 0. The van der Waals surface area contributed by atoms with E-state index < -0.39 is 0 Å². The van der Waals surface area contributed by atoms with Crippen molar-refractivity contribution in [2.75, 3.05) is 0 Å². The molecule has 0 fully saturated rings. The second-order valence-corrected chi connectivity index (χ2v) is 3.02. The predicted molar refractivity (Wildman–Crippen MR) is 58.2 cm³/mol. The van der Waals surface area contributed by atoms with E-state index in [0.29, 0.717) is 0 Å². The Balaban J connectivity index is 2.94. The first-order valence-electron chi connectivity index (χ1n) is 4.39. The van der Waals surface area contributed by atoms with E-state index in [4.69, 9.17) is 5.73 Å². The molecule has 0 radical (unpaired) electrons. The Morgan fingerprint density at radius 2 is 2.15 bits per heavy atom. The lowest BCUT2D eigenvalue weighted by atomic mass is 10.1. The Morgan fingerprint density at radius 3 is 2.77 bits per heavy atom. The van der Waals surface area contributed by atoms with E-state index in [0.717, 1.165) is 11.3 Å². The molecule has 0 aromatic heterocycles. The zero-order valence-electron chi connectivity index (χ0n) is 8.12. The first kappa shape index (κ1) is 9.59. The van der Waals surface area contributed by atoms with Gasteiger partial charge in [0.25, 0.3) is 0 Å². The number of nitrogens with two attached hydrogens (primary N) is 1. The molecule has 1 heteroatoms. The van der Waals surface area contributed by atoms with Crippen molar-refractivity contribution in [2.24, 2.45) is 5.73 Å². The van der Waals surface area contributed by atoms with Crippen LogP contribution in [0.2, 0.25) is 0 Å². The number of rotatable bonds is 2. The summed E-state index contributed by atoms with van der Waals surface area (Å²) in [5.74, 6) is 0. The van der Waals surface area contributed by atoms with Crippen LogP contribution in [0.25, 0.3) is 5.70 Å². The largest absolute Gasteiger partial charge is 0.398 e. The summed E-state index contributed by atoms with van der Waals surface area (Å²) in [6, 6.07) is 8.17. The summed E-state index contributed by atoms with van der Waals surface area (Å²) < 4.78 is 0. The summed E-state index contributed by atoms with van der Waals surface area (Å²) in [5.41, 5.74) is 8.98. The second-order valence-electron chi connectivity index (χ2n) is 3.02. The quantitative estimate of drug-likeness (QED) is 0.684. The molecular weight excluding hydrogens is 158 g/mol. The molecule has 0 heterocycles. The minimum atomic E-state index is 0.807. The van der Waals surface area contributed by atoms with Crippen LogP contribution in [0.5, 0.6) is 0 Å². The molecule has 13 heavy (non-hydrogen) atoms. The van der Waals surface area contributed by atoms with E-state index in [1.54, 1.807) is 0 Å². The van der Waals surface area contributed by atoms with Crippen molar-refractivity contribution in [1.29, 1.82) is 0 Å². The highest BCUT2D eigenvalue weighted by molar-refractivity contribution is 5.64. The maximum atomic E-state index is 5.86. The molecule has 0 aliphatic heterocycles. The third-order valence-corrected chi connectivity index (χ3v) is 1.82. The highest BCUT2D eigenvalue weighted by atomic mass is 14.6. The summed E-state index contributed by atoms with van der Waals surface area (Å²) in [4.78, 5) is 0. The van der Waals surface area contributed by atoms with Crippen LogP contribution >= 0.6 is 0 Å². The van der Waals surface area contributed by atoms with Crippen LogP contribution in [-0.4, -0.2) is 0 Å². The monoisotopic (exact) mass is 173 g/mol. The lowest BCUT2D eigenvalue weighted by molar-refractivity contribution is 1.42. The maximum Gasteiger partial charge on any atom is 0.0387 e. The normalized spacial score (nSPS) is 12.3. The number of hydrogen-bond donors (Lipinski definition) is 1. The van der Waals surface area contributed by atoms with Gasteiger partial charge in [-0.1, -0.05) is 35.9 Å². The van der Waals surface area contributed by atoms with Crippen LogP contribution in [0.15, 0.2) is 42.5 Å². The molecule has 0 aliphatic carbocycles. The molecule has 0 bridgehead atoms. The van der Waals surface area contributed by atoms with Gasteiger partial charge < -0.3 is 5.73 Å². The van der Waals surface area contributed by atoms with Crippen molar-refractivity contribution >= 4 is 5.70 Å². The Kier molecular flexibility index (Phi) is 3.32. The Bertz CT molecular complexity index is 335. The first-order valence-corrected chi connectivity index (χ1v) is 4.39. The lowest BCUT2D eigenvalue weighted by Gasteiger charge is -2.01. The molecule has 0 unspecified atom stereocenters. The zero-order valence-corrected chi connectivity index (χ0v) is 8.12. The molecule has 1 nitrogen and oxygen atoms in total. The van der Waals surface area contributed by atoms with E-state index >= 15 is 0 Å². The number of benzene rings is 1. The predicted octanol–water partition coefficient (Wildman–Crippen LogP) is 2.87. The Hall–Kier alpha value is -1.50. The van der Waals surface area contributed by atoms with Gasteiger partial charge in [-0.05, 0) is 31.6 Å². The molecule has 68 valence electrons. The van der Waals surface area contributed by atoms with Gasteiger partial charge in [-0.3, -0.25) is 0 Å². The summed E-state index contributed by atoms with van der Waals surface area (Å²) in [6.45, 7) is 4.03. The molecule has 1 aromatic carbocycles. The summed E-state index contributed by atoms with van der Waals surface area (Å²) in [7, 11) is 0. The maximum absolute atomic E-state index is 5.86. The second kappa shape index (κ2) is 4.51. The average molecular weight is 173 g/mol. The van der Waals surface area contributed by atoms with Crippen LogP contribution in [0, 0.1) is 6.92 Å². The molecule has 0 aliphatic rings. The molecule has 1 aromatic rings. The van der Waals surface area contributed by atoms with Crippen molar-refractivity contribution in [2.45, 2.75) is 13.8 Å². The molecule has 0 amide bonds. The standard InChI is InChI=1S/C12H15N/c1-3-4-8-12(13)11-7-5-6-10(2)9-11/h3-9H,13H2,1-2H3/b4-3-,12-8-. The van der Waals surface area contributed by atoms with Crippen LogP contribution in [-0.2, 0) is 0 Å². The minimum Gasteiger partial charge on any atom is -0.398 e. The zero-order chi connectivity index (χ0) is 9.68. The van der Waals surface area contributed by atoms with Gasteiger partial charge in [0.2, 0.25) is 0 Å². The van der Waals surface area contributed by atoms with Gasteiger partial charge in [0.15, 0.2) is 0 Å². The van der Waals surface area contributed by atoms with Crippen molar-refractivity contribution in [3.05, 3.63) is 53.6 Å². The number of aryl methyl sites for hydroxylation is 1. The van der Waals surface area contributed by atoms with Gasteiger partial charge >= 0.3 is 0 Å². The number of hydrogen-bond acceptors (Lipinski definition) is 1. The van der Waals surface area contributed by atoms with Crippen molar-refractivity contribution in [1.82, 2.24) is 0 Å². The highest BCUT2D eigenvalue weighted by Crippen LogP contribution is 2.10. The van der Waals surface area contributed by atoms with E-state index in [1.807, 2.05) is 37.3 Å². The van der Waals surface area contributed by atoms with Gasteiger partial charge in [-0.2, -0.15) is 0 Å². The topological polar surface area (TPSA) is 26.0 Å². The number of allylic oxidation sites excluding steroid dienone is 3. The molecular formula is C12H15N. The smallest absolute Gasteiger partial charge is 0.0387 e. The van der Waals surface area contributed by atoms with E-state index in [9.17, 15) is 0 Å². The SMILES string of the molecule is C/C=C\C=C(/N)c1cccc(C)c1. The fraction of sp³-hybridized carbons (Fsp3) is 0.167. The summed E-state index contributed by atoms with van der Waals surface area (Å²) in [5, 5.41) is 0. The summed E-state index contributed by atoms with van der Waals surface area (Å²) in [6.07, 6.45) is 5.81. The molecule has 1 rings (SSSR count). The van der Waals surface area contributed by atoms with E-state index in [2.05, 4.69) is 19.1 Å². The van der Waals surface area contributed by atoms with Crippen LogP contribution in [0.1, 0.15) is 18.1 Å². The van der Waals surface area contributed by atoms with Gasteiger partial charge in [-0.25, -0.2) is 0 Å².